The van der Waals surface area contributed by atoms with Gasteiger partial charge < -0.3 is 24.5 Å². The number of rotatable bonds is 13. The van der Waals surface area contributed by atoms with Crippen LogP contribution in [-0.2, 0) is 19.1 Å². The monoisotopic (exact) mass is 688 g/mol. The minimum Gasteiger partial charge on any atom is -0.394 e. The van der Waals surface area contributed by atoms with Gasteiger partial charge in [0, 0.05) is 55.0 Å². The van der Waals surface area contributed by atoms with Crippen LogP contribution in [0, 0.1) is 17.8 Å². The van der Waals surface area contributed by atoms with Gasteiger partial charge in [-0.25, -0.2) is 0 Å². The van der Waals surface area contributed by atoms with Crippen LogP contribution < -0.4 is 4.90 Å². The molecule has 4 saturated heterocycles. The number of morpholine rings is 1. The number of likely N-dealkylation sites (tertiary alicyclic amines) is 1. The minimum atomic E-state index is -0.804. The van der Waals surface area contributed by atoms with Crippen molar-refractivity contribution in [1.82, 2.24) is 14.7 Å². The Balaban J connectivity index is 1.54. The number of anilines is 1. The van der Waals surface area contributed by atoms with E-state index in [0.29, 0.717) is 45.8 Å². The fraction of sp³-hybridized carbons (Fsp3) is 0.606. The van der Waals surface area contributed by atoms with Gasteiger partial charge in [0.05, 0.1) is 42.4 Å². The van der Waals surface area contributed by atoms with Crippen LogP contribution in [-0.4, -0.2) is 124 Å². The molecule has 0 saturated carbocycles. The third-order valence-electron chi connectivity index (χ3n) is 9.66. The molecule has 3 amide bonds. The molecular weight excluding hydrogens is 644 g/mol. The summed E-state index contributed by atoms with van der Waals surface area (Å²) in [6.07, 6.45) is 4.01. The first-order valence-corrected chi connectivity index (χ1v) is 17.4. The fourth-order valence-corrected chi connectivity index (χ4v) is 11.1. The number of hydrogen-bond donors (Lipinski definition) is 1. The molecule has 1 N–H and O–H groups in total. The van der Waals surface area contributed by atoms with Crippen LogP contribution in [0.25, 0.3) is 0 Å². The molecule has 0 aromatic heterocycles. The van der Waals surface area contributed by atoms with Gasteiger partial charge >= 0.3 is 0 Å². The summed E-state index contributed by atoms with van der Waals surface area (Å²) in [4.78, 5) is 51.4. The van der Waals surface area contributed by atoms with E-state index in [1.165, 1.54) is 0 Å². The van der Waals surface area contributed by atoms with Crippen LogP contribution in [0.1, 0.15) is 20.3 Å². The molecule has 4 heterocycles. The number of ether oxygens (including phenoxy) is 1. The van der Waals surface area contributed by atoms with E-state index in [-0.39, 0.29) is 40.3 Å². The molecule has 44 heavy (non-hydrogen) atoms. The SMILES string of the molecule is C=CCN(CCN1CCOCC1)C(=O)C1N([C@@H](CO)C(C)C)C(=O)[C@@H]2[C@@H](C(=O)N(CC=C)c3ccccc3)[C@@H]3SC12CC3Br. The Morgan fingerprint density at radius 1 is 1.16 bits per heavy atom. The highest BCUT2D eigenvalue weighted by Crippen LogP contribution is 2.68. The summed E-state index contributed by atoms with van der Waals surface area (Å²) in [5, 5.41) is 10.4. The molecule has 0 radical (unpaired) electrons. The van der Waals surface area contributed by atoms with Crippen molar-refractivity contribution >= 4 is 51.1 Å². The zero-order chi connectivity index (χ0) is 31.6. The number of aliphatic hydroxyl groups excluding tert-OH is 1. The lowest BCUT2D eigenvalue weighted by Gasteiger charge is -2.41. The van der Waals surface area contributed by atoms with Crippen LogP contribution in [0.2, 0.25) is 0 Å². The molecule has 9 nitrogen and oxygen atoms in total. The van der Waals surface area contributed by atoms with Crippen molar-refractivity contribution in [2.45, 2.75) is 47.2 Å². The molecule has 2 bridgehead atoms. The number of aliphatic hydroxyl groups is 1. The number of benzene rings is 1. The Hall–Kier alpha value is -2.18. The Bertz CT molecular complexity index is 1230. The second-order valence-electron chi connectivity index (χ2n) is 12.5. The average Bonchev–Trinajstić information content (AvgIpc) is 3.62. The highest BCUT2D eigenvalue weighted by molar-refractivity contribution is 9.09. The molecule has 1 aromatic carbocycles. The van der Waals surface area contributed by atoms with Crippen molar-refractivity contribution in [3.05, 3.63) is 55.6 Å². The van der Waals surface area contributed by atoms with Gasteiger partial charge in [0.15, 0.2) is 0 Å². The maximum atomic E-state index is 14.8. The van der Waals surface area contributed by atoms with E-state index in [1.54, 1.807) is 38.6 Å². The van der Waals surface area contributed by atoms with Crippen molar-refractivity contribution in [1.29, 1.82) is 0 Å². The molecular formula is C33H45BrN4O5S. The second kappa shape index (κ2) is 14.1. The number of fused-ring (bicyclic) bond motifs is 1. The molecule has 11 heteroatoms. The maximum Gasteiger partial charge on any atom is 0.247 e. The summed E-state index contributed by atoms with van der Waals surface area (Å²) in [7, 11) is 0. The molecule has 7 atom stereocenters. The van der Waals surface area contributed by atoms with Gasteiger partial charge in [-0.1, -0.05) is 60.1 Å². The predicted octanol–water partition coefficient (Wildman–Crippen LogP) is 3.03. The number of alkyl halides is 1. The number of carbonyl (C=O) groups excluding carboxylic acids is 3. The normalized spacial score (nSPS) is 30.3. The Labute approximate surface area is 273 Å². The molecule has 4 aliphatic heterocycles. The zero-order valence-corrected chi connectivity index (χ0v) is 28.1. The number of halogens is 1. The van der Waals surface area contributed by atoms with Gasteiger partial charge in [-0.2, -0.15) is 0 Å². The molecule has 5 rings (SSSR count). The smallest absolute Gasteiger partial charge is 0.247 e. The van der Waals surface area contributed by atoms with Crippen LogP contribution in [0.5, 0.6) is 0 Å². The molecule has 0 aliphatic carbocycles. The van der Waals surface area contributed by atoms with Crippen molar-refractivity contribution < 1.29 is 24.2 Å². The highest BCUT2D eigenvalue weighted by Gasteiger charge is 2.76. The number of nitrogens with zero attached hydrogens (tertiary/aromatic N) is 4. The largest absolute Gasteiger partial charge is 0.394 e. The molecule has 4 fully saturated rings. The van der Waals surface area contributed by atoms with E-state index in [2.05, 4.69) is 34.0 Å². The van der Waals surface area contributed by atoms with E-state index >= 15 is 0 Å². The molecule has 3 unspecified atom stereocenters. The molecule has 1 aromatic rings. The topological polar surface area (TPSA) is 93.6 Å². The predicted molar refractivity (Wildman–Crippen MR) is 178 cm³/mol. The number of amides is 3. The lowest BCUT2D eigenvalue weighted by atomic mass is 9.70. The first-order valence-electron chi connectivity index (χ1n) is 15.6. The minimum absolute atomic E-state index is 0.0464. The van der Waals surface area contributed by atoms with E-state index in [1.807, 2.05) is 44.2 Å². The first kappa shape index (κ1) is 33.2. The van der Waals surface area contributed by atoms with Gasteiger partial charge in [-0.05, 0) is 24.5 Å². The summed E-state index contributed by atoms with van der Waals surface area (Å²) in [5.74, 6) is -1.87. The maximum absolute atomic E-state index is 14.8. The first-order chi connectivity index (χ1) is 21.2. The van der Waals surface area contributed by atoms with Crippen LogP contribution in [0.15, 0.2) is 55.6 Å². The fourth-order valence-electron chi connectivity index (χ4n) is 7.55. The van der Waals surface area contributed by atoms with E-state index in [0.717, 1.165) is 18.8 Å². The van der Waals surface area contributed by atoms with Gasteiger partial charge in [0.25, 0.3) is 0 Å². The quantitative estimate of drug-likeness (QED) is 0.252. The average molecular weight is 690 g/mol. The number of hydrogen-bond acceptors (Lipinski definition) is 7. The Kier molecular flexibility index (Phi) is 10.6. The van der Waals surface area contributed by atoms with Crippen molar-refractivity contribution in [2.75, 3.05) is 64.0 Å². The number of thioether (sulfide) groups is 1. The molecule has 240 valence electrons. The lowest BCUT2D eigenvalue weighted by molar-refractivity contribution is -0.146. The van der Waals surface area contributed by atoms with Crippen molar-refractivity contribution in [3.8, 4) is 0 Å². The van der Waals surface area contributed by atoms with Crippen LogP contribution in [0.4, 0.5) is 5.69 Å². The molecule has 4 aliphatic rings. The Morgan fingerprint density at radius 2 is 1.84 bits per heavy atom. The van der Waals surface area contributed by atoms with Gasteiger partial charge in [-0.15, -0.1) is 24.9 Å². The van der Waals surface area contributed by atoms with Gasteiger partial charge in [0.1, 0.15) is 6.04 Å². The van der Waals surface area contributed by atoms with Crippen LogP contribution in [0.3, 0.4) is 0 Å². The van der Waals surface area contributed by atoms with E-state index in [4.69, 9.17) is 4.74 Å². The summed E-state index contributed by atoms with van der Waals surface area (Å²) in [6.45, 7) is 16.3. The van der Waals surface area contributed by atoms with Crippen LogP contribution >= 0.6 is 27.7 Å². The van der Waals surface area contributed by atoms with Gasteiger partial charge in [0.2, 0.25) is 17.7 Å². The highest BCUT2D eigenvalue weighted by atomic mass is 79.9. The third kappa shape index (κ3) is 5.90. The lowest BCUT2D eigenvalue weighted by Crippen LogP contribution is -2.59. The second-order valence-corrected chi connectivity index (χ2v) is 15.2. The molecule has 1 spiro atoms. The summed E-state index contributed by atoms with van der Waals surface area (Å²) < 4.78 is 4.70. The third-order valence-corrected chi connectivity index (χ3v) is 12.9. The van der Waals surface area contributed by atoms with Crippen molar-refractivity contribution in [2.24, 2.45) is 17.8 Å². The van der Waals surface area contributed by atoms with Crippen molar-refractivity contribution in [3.63, 3.8) is 0 Å². The van der Waals surface area contributed by atoms with Gasteiger partial charge in [-0.3, -0.25) is 19.3 Å². The number of para-hydroxylation sites is 1. The number of carbonyl (C=O) groups is 3. The standard InChI is InChI=1S/C33H45BrN4O5S/c1-5-12-36(15-14-35-16-18-43-19-17-35)32(42)29-33-20-24(34)28(44-33)26(27(33)31(41)38(29)25(21-39)22(3)4)30(40)37(13-6-2)23-10-8-7-9-11-23/h5-11,22,24-29,39H,1-2,12-21H2,3-4H3/t24?,25-,26+,27-,28+,29?,33?/m0/s1. The van der Waals surface area contributed by atoms with E-state index in [9.17, 15) is 19.5 Å². The zero-order valence-electron chi connectivity index (χ0n) is 25.7. The van der Waals surface area contributed by atoms with E-state index < -0.39 is 28.7 Å². The Morgan fingerprint density at radius 3 is 2.45 bits per heavy atom. The summed E-state index contributed by atoms with van der Waals surface area (Å²) in [6, 6.07) is 8.10. The summed E-state index contributed by atoms with van der Waals surface area (Å²) in [5.41, 5.74) is 0.746. The summed E-state index contributed by atoms with van der Waals surface area (Å²) >= 11 is 5.50.